The number of aliphatic hydroxyl groups excluding tert-OH is 1. The Labute approximate surface area is 123 Å². The quantitative estimate of drug-likeness (QED) is 0.637. The van der Waals surface area contributed by atoms with Crippen molar-refractivity contribution in [1.82, 2.24) is 0 Å². The van der Waals surface area contributed by atoms with Gasteiger partial charge in [-0.1, -0.05) is 30.3 Å². The highest BCUT2D eigenvalue weighted by Crippen LogP contribution is 2.23. The summed E-state index contributed by atoms with van der Waals surface area (Å²) in [6.07, 6.45) is 5.90. The average molecular weight is 274 g/mol. The molecular weight excluding hydrogens is 260 g/mol. The van der Waals surface area contributed by atoms with Crippen molar-refractivity contribution in [3.05, 3.63) is 83.6 Å². The summed E-state index contributed by atoms with van der Waals surface area (Å²) in [4.78, 5) is 0. The van der Waals surface area contributed by atoms with Gasteiger partial charge in [0.15, 0.2) is 0 Å². The fraction of sp³-hybridized carbons (Fsp3) is 0.0556. The maximum Gasteiger partial charge on any atom is 0.0857 e. The first kappa shape index (κ1) is 13.3. The molecule has 0 spiro atoms. The summed E-state index contributed by atoms with van der Waals surface area (Å²) in [5.74, 6) is 0. The predicted molar refractivity (Wildman–Crippen MR) is 83.6 cm³/mol. The molecule has 0 amide bonds. The van der Waals surface area contributed by atoms with Crippen LogP contribution in [0.15, 0.2) is 82.7 Å². The van der Waals surface area contributed by atoms with Gasteiger partial charge < -0.3 is 5.11 Å². The SMILES string of the molecule is OCc1ccc(N=Nc2ccc(C3=C=CC=C3)cc2)cc1. The molecule has 3 nitrogen and oxygen atoms in total. The molecular formula is C18H14N2O. The molecule has 1 N–H and O–H groups in total. The molecule has 102 valence electrons. The molecule has 1 aliphatic carbocycles. The molecule has 1 aliphatic rings. The number of azo groups is 1. The standard InChI is InChI=1S/C18H14N2O/c21-13-14-5-9-17(10-6-14)19-20-18-11-7-16(8-12-18)15-3-1-2-4-15/h1-3,5-12,21H,13H2. The van der Waals surface area contributed by atoms with Gasteiger partial charge in [-0.15, -0.1) is 5.73 Å². The fourth-order valence-corrected chi connectivity index (χ4v) is 2.00. The van der Waals surface area contributed by atoms with Crippen molar-refractivity contribution in [2.75, 3.05) is 0 Å². The van der Waals surface area contributed by atoms with Gasteiger partial charge in [-0.3, -0.25) is 0 Å². The van der Waals surface area contributed by atoms with Crippen LogP contribution in [0.3, 0.4) is 0 Å². The van der Waals surface area contributed by atoms with Crippen molar-refractivity contribution in [3.8, 4) is 0 Å². The van der Waals surface area contributed by atoms with Crippen molar-refractivity contribution >= 4 is 16.9 Å². The highest BCUT2D eigenvalue weighted by atomic mass is 16.3. The molecule has 0 saturated heterocycles. The Morgan fingerprint density at radius 2 is 1.48 bits per heavy atom. The Morgan fingerprint density at radius 3 is 2.00 bits per heavy atom. The number of nitrogens with zero attached hydrogens (tertiary/aromatic N) is 2. The van der Waals surface area contributed by atoms with Crippen LogP contribution in [0, 0.1) is 0 Å². The molecule has 0 aromatic heterocycles. The first-order valence-corrected chi connectivity index (χ1v) is 6.70. The van der Waals surface area contributed by atoms with Gasteiger partial charge in [-0.05, 0) is 47.5 Å². The third-order valence-electron chi connectivity index (χ3n) is 3.18. The number of hydrogen-bond donors (Lipinski definition) is 1. The van der Waals surface area contributed by atoms with E-state index in [0.717, 1.165) is 28.1 Å². The number of benzene rings is 2. The third-order valence-corrected chi connectivity index (χ3v) is 3.18. The lowest BCUT2D eigenvalue weighted by Gasteiger charge is -1.99. The summed E-state index contributed by atoms with van der Waals surface area (Å²) < 4.78 is 0. The van der Waals surface area contributed by atoms with Crippen LogP contribution >= 0.6 is 0 Å². The van der Waals surface area contributed by atoms with E-state index in [1.807, 2.05) is 66.8 Å². The van der Waals surface area contributed by atoms with E-state index < -0.39 is 0 Å². The second-order valence-electron chi connectivity index (χ2n) is 4.66. The van der Waals surface area contributed by atoms with Gasteiger partial charge in [-0.2, -0.15) is 10.2 Å². The van der Waals surface area contributed by atoms with Gasteiger partial charge in [0.1, 0.15) is 0 Å². The molecule has 0 heterocycles. The first-order valence-electron chi connectivity index (χ1n) is 6.70. The normalized spacial score (nSPS) is 13.1. The summed E-state index contributed by atoms with van der Waals surface area (Å²) in [6, 6.07) is 15.2. The van der Waals surface area contributed by atoms with Crippen LogP contribution in [0.4, 0.5) is 11.4 Å². The van der Waals surface area contributed by atoms with Crippen molar-refractivity contribution in [2.45, 2.75) is 6.61 Å². The zero-order valence-electron chi connectivity index (χ0n) is 11.4. The average Bonchev–Trinajstić information content (AvgIpc) is 3.08. The van der Waals surface area contributed by atoms with Crippen molar-refractivity contribution in [3.63, 3.8) is 0 Å². The molecule has 0 fully saturated rings. The van der Waals surface area contributed by atoms with Gasteiger partial charge in [0, 0.05) is 5.57 Å². The molecule has 2 aromatic rings. The Kier molecular flexibility index (Phi) is 3.88. The van der Waals surface area contributed by atoms with Gasteiger partial charge in [0.05, 0.1) is 18.0 Å². The van der Waals surface area contributed by atoms with E-state index in [0.29, 0.717) is 0 Å². The lowest BCUT2D eigenvalue weighted by molar-refractivity contribution is 0.282. The monoisotopic (exact) mass is 274 g/mol. The molecule has 0 saturated carbocycles. The van der Waals surface area contributed by atoms with E-state index in [1.54, 1.807) is 0 Å². The van der Waals surface area contributed by atoms with Crippen molar-refractivity contribution < 1.29 is 5.11 Å². The first-order chi connectivity index (χ1) is 10.3. The summed E-state index contributed by atoms with van der Waals surface area (Å²) in [6.45, 7) is 0.0393. The topological polar surface area (TPSA) is 45.0 Å². The zero-order valence-corrected chi connectivity index (χ0v) is 11.4. The Balaban J connectivity index is 1.73. The zero-order chi connectivity index (χ0) is 14.5. The maximum absolute atomic E-state index is 8.98. The van der Waals surface area contributed by atoms with Crippen LogP contribution < -0.4 is 0 Å². The van der Waals surface area contributed by atoms with Crippen molar-refractivity contribution in [2.24, 2.45) is 10.2 Å². The minimum Gasteiger partial charge on any atom is -0.392 e. The van der Waals surface area contributed by atoms with Crippen LogP contribution in [0.25, 0.3) is 5.57 Å². The number of rotatable bonds is 4. The van der Waals surface area contributed by atoms with Crippen LogP contribution in [0.2, 0.25) is 0 Å². The van der Waals surface area contributed by atoms with Crippen molar-refractivity contribution in [1.29, 1.82) is 0 Å². The molecule has 21 heavy (non-hydrogen) atoms. The van der Waals surface area contributed by atoms with E-state index in [4.69, 9.17) is 5.11 Å². The number of hydrogen-bond acceptors (Lipinski definition) is 3. The van der Waals surface area contributed by atoms with Crippen LogP contribution in [-0.4, -0.2) is 5.11 Å². The Hall–Kier alpha value is -2.74. The van der Waals surface area contributed by atoms with E-state index in [2.05, 4.69) is 16.0 Å². The Bertz CT molecular complexity index is 747. The highest BCUT2D eigenvalue weighted by molar-refractivity contribution is 5.76. The van der Waals surface area contributed by atoms with Crippen LogP contribution in [0.5, 0.6) is 0 Å². The van der Waals surface area contributed by atoms with Gasteiger partial charge >= 0.3 is 0 Å². The highest BCUT2D eigenvalue weighted by Gasteiger charge is 1.99. The van der Waals surface area contributed by atoms with E-state index >= 15 is 0 Å². The molecule has 0 aliphatic heterocycles. The molecule has 0 unspecified atom stereocenters. The van der Waals surface area contributed by atoms with E-state index in [-0.39, 0.29) is 6.61 Å². The predicted octanol–water partition coefficient (Wildman–Crippen LogP) is 4.70. The van der Waals surface area contributed by atoms with E-state index in [9.17, 15) is 0 Å². The summed E-state index contributed by atoms with van der Waals surface area (Å²) in [5.41, 5.74) is 7.80. The molecule has 0 radical (unpaired) electrons. The van der Waals surface area contributed by atoms with Gasteiger partial charge in [-0.25, -0.2) is 0 Å². The minimum atomic E-state index is 0.0393. The second-order valence-corrected chi connectivity index (χ2v) is 4.66. The summed E-state index contributed by atoms with van der Waals surface area (Å²) in [7, 11) is 0. The maximum atomic E-state index is 8.98. The molecule has 3 heteroatoms. The third kappa shape index (κ3) is 3.23. The van der Waals surface area contributed by atoms with Gasteiger partial charge in [0.2, 0.25) is 0 Å². The fourth-order valence-electron chi connectivity index (χ4n) is 2.00. The number of allylic oxidation sites excluding steroid dienone is 3. The second kappa shape index (κ2) is 6.14. The Morgan fingerprint density at radius 1 is 0.857 bits per heavy atom. The van der Waals surface area contributed by atoms with Gasteiger partial charge in [0.25, 0.3) is 0 Å². The lowest BCUT2D eigenvalue weighted by Crippen LogP contribution is -1.79. The van der Waals surface area contributed by atoms with Crippen LogP contribution in [0.1, 0.15) is 11.1 Å². The molecule has 0 bridgehead atoms. The largest absolute Gasteiger partial charge is 0.392 e. The smallest absolute Gasteiger partial charge is 0.0857 e. The lowest BCUT2D eigenvalue weighted by atomic mass is 10.1. The summed E-state index contributed by atoms with van der Waals surface area (Å²) in [5, 5.41) is 17.4. The van der Waals surface area contributed by atoms with Crippen LogP contribution in [-0.2, 0) is 6.61 Å². The number of aliphatic hydroxyl groups is 1. The summed E-state index contributed by atoms with van der Waals surface area (Å²) >= 11 is 0. The van der Waals surface area contributed by atoms with E-state index in [1.165, 1.54) is 0 Å². The molecule has 3 rings (SSSR count). The molecule has 2 aromatic carbocycles. The molecule has 0 atom stereocenters. The minimum absolute atomic E-state index is 0.0393.